The van der Waals surface area contributed by atoms with E-state index in [0.717, 1.165) is 11.8 Å². The SMILES string of the molecule is CC(Nc1ccc(F)cc1F)c1ccnn1C. The molecule has 1 atom stereocenters. The molecule has 2 aromatic rings. The summed E-state index contributed by atoms with van der Waals surface area (Å²) in [4.78, 5) is 0. The van der Waals surface area contributed by atoms with Crippen molar-refractivity contribution in [3.05, 3.63) is 47.8 Å². The van der Waals surface area contributed by atoms with Gasteiger partial charge in [0.05, 0.1) is 17.4 Å². The molecule has 1 aromatic carbocycles. The smallest absolute Gasteiger partial charge is 0.149 e. The number of rotatable bonds is 3. The van der Waals surface area contributed by atoms with Gasteiger partial charge in [-0.1, -0.05) is 0 Å². The van der Waals surface area contributed by atoms with Crippen LogP contribution < -0.4 is 5.32 Å². The predicted octanol–water partition coefficient (Wildman–Crippen LogP) is 2.87. The maximum absolute atomic E-state index is 13.4. The molecule has 1 N–H and O–H groups in total. The molecular formula is C12H13F2N3. The third-order valence-electron chi connectivity index (χ3n) is 2.61. The average molecular weight is 237 g/mol. The fraction of sp³-hybridized carbons (Fsp3) is 0.250. The van der Waals surface area contributed by atoms with Crippen LogP contribution in [0.4, 0.5) is 14.5 Å². The molecule has 0 aliphatic heterocycles. The Morgan fingerprint density at radius 1 is 1.29 bits per heavy atom. The van der Waals surface area contributed by atoms with Crippen LogP contribution in [0.2, 0.25) is 0 Å². The van der Waals surface area contributed by atoms with E-state index in [1.807, 2.05) is 20.0 Å². The molecule has 0 aliphatic carbocycles. The third kappa shape index (κ3) is 2.43. The molecule has 3 nitrogen and oxygen atoms in total. The van der Waals surface area contributed by atoms with Crippen LogP contribution in [0.5, 0.6) is 0 Å². The number of anilines is 1. The van der Waals surface area contributed by atoms with Crippen molar-refractivity contribution in [2.24, 2.45) is 7.05 Å². The lowest BCUT2D eigenvalue weighted by Gasteiger charge is -2.16. The molecule has 2 rings (SSSR count). The van der Waals surface area contributed by atoms with Gasteiger partial charge in [0.25, 0.3) is 0 Å². The Bertz CT molecular complexity index is 522. The standard InChI is InChI=1S/C12H13F2N3/c1-8(12-5-6-15-17(12)2)16-11-4-3-9(13)7-10(11)14/h3-8,16H,1-2H3. The zero-order valence-corrected chi connectivity index (χ0v) is 9.61. The summed E-state index contributed by atoms with van der Waals surface area (Å²) in [6.45, 7) is 1.89. The molecule has 1 unspecified atom stereocenters. The van der Waals surface area contributed by atoms with Gasteiger partial charge < -0.3 is 5.32 Å². The van der Waals surface area contributed by atoms with Crippen molar-refractivity contribution in [1.29, 1.82) is 0 Å². The number of hydrogen-bond donors (Lipinski definition) is 1. The molecule has 17 heavy (non-hydrogen) atoms. The van der Waals surface area contributed by atoms with Crippen LogP contribution in [-0.2, 0) is 7.05 Å². The fourth-order valence-electron chi connectivity index (χ4n) is 1.72. The summed E-state index contributed by atoms with van der Waals surface area (Å²) >= 11 is 0. The maximum Gasteiger partial charge on any atom is 0.149 e. The number of hydrogen-bond acceptors (Lipinski definition) is 2. The van der Waals surface area contributed by atoms with E-state index in [9.17, 15) is 8.78 Å². The number of benzene rings is 1. The summed E-state index contributed by atoms with van der Waals surface area (Å²) in [6.07, 6.45) is 1.68. The van der Waals surface area contributed by atoms with Gasteiger partial charge in [-0.25, -0.2) is 8.78 Å². The van der Waals surface area contributed by atoms with E-state index in [-0.39, 0.29) is 11.7 Å². The second-order valence-corrected chi connectivity index (χ2v) is 3.87. The van der Waals surface area contributed by atoms with Crippen LogP contribution in [0.3, 0.4) is 0 Å². The maximum atomic E-state index is 13.4. The van der Waals surface area contributed by atoms with Crippen molar-refractivity contribution in [3.63, 3.8) is 0 Å². The van der Waals surface area contributed by atoms with Crippen molar-refractivity contribution < 1.29 is 8.78 Å². The van der Waals surface area contributed by atoms with E-state index in [0.29, 0.717) is 0 Å². The van der Waals surface area contributed by atoms with Gasteiger partial charge >= 0.3 is 0 Å². The van der Waals surface area contributed by atoms with Crippen molar-refractivity contribution in [2.45, 2.75) is 13.0 Å². The molecule has 0 fully saturated rings. The Labute approximate surface area is 98.1 Å². The lowest BCUT2D eigenvalue weighted by atomic mass is 10.2. The lowest BCUT2D eigenvalue weighted by Crippen LogP contribution is -2.12. The van der Waals surface area contributed by atoms with Crippen LogP contribution >= 0.6 is 0 Å². The topological polar surface area (TPSA) is 29.9 Å². The minimum absolute atomic E-state index is 0.109. The Morgan fingerprint density at radius 2 is 2.06 bits per heavy atom. The highest BCUT2D eigenvalue weighted by Crippen LogP contribution is 2.21. The van der Waals surface area contributed by atoms with Gasteiger partial charge in [0.1, 0.15) is 11.6 Å². The zero-order chi connectivity index (χ0) is 12.4. The van der Waals surface area contributed by atoms with Gasteiger partial charge in [-0.15, -0.1) is 0 Å². The Kier molecular flexibility index (Phi) is 3.08. The highest BCUT2D eigenvalue weighted by molar-refractivity contribution is 5.46. The minimum Gasteiger partial charge on any atom is -0.375 e. The first-order valence-corrected chi connectivity index (χ1v) is 5.27. The molecule has 0 radical (unpaired) electrons. The monoisotopic (exact) mass is 237 g/mol. The summed E-state index contributed by atoms with van der Waals surface area (Å²) in [5.41, 5.74) is 1.20. The number of aromatic nitrogens is 2. The number of aryl methyl sites for hydroxylation is 1. The van der Waals surface area contributed by atoms with Crippen LogP contribution in [-0.4, -0.2) is 9.78 Å². The lowest BCUT2D eigenvalue weighted by molar-refractivity contribution is 0.582. The molecule has 0 saturated carbocycles. The van der Waals surface area contributed by atoms with Gasteiger partial charge in [-0.3, -0.25) is 4.68 Å². The molecule has 0 bridgehead atoms. The summed E-state index contributed by atoms with van der Waals surface area (Å²) < 4.78 is 27.9. The predicted molar refractivity (Wildman–Crippen MR) is 61.6 cm³/mol. The van der Waals surface area contributed by atoms with Gasteiger partial charge in [-0.2, -0.15) is 5.10 Å². The summed E-state index contributed by atoms with van der Waals surface area (Å²) in [7, 11) is 1.81. The third-order valence-corrected chi connectivity index (χ3v) is 2.61. The largest absolute Gasteiger partial charge is 0.375 e. The van der Waals surface area contributed by atoms with E-state index >= 15 is 0 Å². The molecule has 0 amide bonds. The van der Waals surface area contributed by atoms with Crippen LogP contribution in [0.15, 0.2) is 30.5 Å². The van der Waals surface area contributed by atoms with Gasteiger partial charge in [-0.05, 0) is 25.1 Å². The normalized spacial score (nSPS) is 12.5. The number of halogens is 2. The minimum atomic E-state index is -0.598. The van der Waals surface area contributed by atoms with Crippen molar-refractivity contribution in [2.75, 3.05) is 5.32 Å². The number of nitrogens with zero attached hydrogens (tertiary/aromatic N) is 2. The quantitative estimate of drug-likeness (QED) is 0.889. The first-order chi connectivity index (χ1) is 8.08. The van der Waals surface area contributed by atoms with Crippen LogP contribution in [0.25, 0.3) is 0 Å². The average Bonchev–Trinajstić information content (AvgIpc) is 2.68. The Balaban J connectivity index is 2.19. The fourth-order valence-corrected chi connectivity index (χ4v) is 1.72. The molecule has 0 spiro atoms. The highest BCUT2D eigenvalue weighted by atomic mass is 19.1. The Hall–Kier alpha value is -1.91. The van der Waals surface area contributed by atoms with Crippen molar-refractivity contribution in [3.8, 4) is 0 Å². The highest BCUT2D eigenvalue weighted by Gasteiger charge is 2.11. The molecule has 5 heteroatoms. The van der Waals surface area contributed by atoms with Gasteiger partial charge in [0.2, 0.25) is 0 Å². The summed E-state index contributed by atoms with van der Waals surface area (Å²) in [5, 5.41) is 7.02. The van der Waals surface area contributed by atoms with E-state index in [1.165, 1.54) is 12.1 Å². The van der Waals surface area contributed by atoms with Gasteiger partial charge in [0, 0.05) is 19.3 Å². The molecule has 1 heterocycles. The molecule has 1 aromatic heterocycles. The van der Waals surface area contributed by atoms with E-state index in [2.05, 4.69) is 10.4 Å². The van der Waals surface area contributed by atoms with E-state index < -0.39 is 11.6 Å². The zero-order valence-electron chi connectivity index (χ0n) is 9.61. The molecule has 90 valence electrons. The number of nitrogens with one attached hydrogen (secondary N) is 1. The van der Waals surface area contributed by atoms with E-state index in [4.69, 9.17) is 0 Å². The molecular weight excluding hydrogens is 224 g/mol. The van der Waals surface area contributed by atoms with Crippen molar-refractivity contribution >= 4 is 5.69 Å². The molecule has 0 saturated heterocycles. The van der Waals surface area contributed by atoms with Crippen LogP contribution in [0.1, 0.15) is 18.7 Å². The van der Waals surface area contributed by atoms with Gasteiger partial charge in [0.15, 0.2) is 0 Å². The Morgan fingerprint density at radius 3 is 2.65 bits per heavy atom. The summed E-state index contributed by atoms with van der Waals surface area (Å²) in [6, 6.07) is 5.21. The first kappa shape index (κ1) is 11.6. The van der Waals surface area contributed by atoms with Crippen LogP contribution in [0, 0.1) is 11.6 Å². The van der Waals surface area contributed by atoms with Crippen molar-refractivity contribution in [1.82, 2.24) is 9.78 Å². The molecule has 0 aliphatic rings. The summed E-state index contributed by atoms with van der Waals surface area (Å²) in [5.74, 6) is -1.18. The van der Waals surface area contributed by atoms with E-state index in [1.54, 1.807) is 10.9 Å². The first-order valence-electron chi connectivity index (χ1n) is 5.27. The second-order valence-electron chi connectivity index (χ2n) is 3.87. The second kappa shape index (κ2) is 4.53.